The lowest BCUT2D eigenvalue weighted by molar-refractivity contribution is 0.465. The molecule has 0 bridgehead atoms. The van der Waals surface area contributed by atoms with Gasteiger partial charge in [0.15, 0.2) is 0 Å². The van der Waals surface area contributed by atoms with Crippen LogP contribution < -0.4 is 5.73 Å². The highest BCUT2D eigenvalue weighted by Crippen LogP contribution is 2.29. The van der Waals surface area contributed by atoms with E-state index in [0.717, 1.165) is 12.3 Å². The number of nitrogens with one attached hydrogen (secondary N) is 1. The number of unbranched alkanes of at least 4 members (excludes halogenated alkanes) is 3. The van der Waals surface area contributed by atoms with Crippen molar-refractivity contribution in [2.45, 2.75) is 57.8 Å². The summed E-state index contributed by atoms with van der Waals surface area (Å²) in [6.45, 7) is 0.628. The normalized spacial score (nSPS) is 18.8. The van der Waals surface area contributed by atoms with Crippen LogP contribution in [0.15, 0.2) is 0 Å². The van der Waals surface area contributed by atoms with Gasteiger partial charge in [-0.15, -0.1) is 0 Å². The van der Waals surface area contributed by atoms with Crippen molar-refractivity contribution in [1.29, 1.82) is 0 Å². The van der Waals surface area contributed by atoms with E-state index in [9.17, 15) is 0 Å². The standard InChI is InChI=1S/C11H22N/c12-10-6-2-1-3-7-11-8-4-5-9-11/h11-12H,1-10H2. The van der Waals surface area contributed by atoms with Gasteiger partial charge in [0.25, 0.3) is 0 Å². The van der Waals surface area contributed by atoms with Gasteiger partial charge in [0, 0.05) is 6.54 Å². The summed E-state index contributed by atoms with van der Waals surface area (Å²) in [5, 5.41) is 0. The summed E-state index contributed by atoms with van der Waals surface area (Å²) < 4.78 is 0. The Bertz CT molecular complexity index is 95.2. The smallest absolute Gasteiger partial charge is 0.00997 e. The molecule has 0 aromatic carbocycles. The van der Waals surface area contributed by atoms with Crippen LogP contribution >= 0.6 is 0 Å². The minimum Gasteiger partial charge on any atom is -0.258 e. The van der Waals surface area contributed by atoms with Gasteiger partial charge in [-0.3, -0.25) is 5.73 Å². The Hall–Kier alpha value is -0.0400. The van der Waals surface area contributed by atoms with Crippen molar-refractivity contribution < 1.29 is 0 Å². The Balaban J connectivity index is 1.81. The zero-order valence-electron chi connectivity index (χ0n) is 8.15. The summed E-state index contributed by atoms with van der Waals surface area (Å²) in [6, 6.07) is 0. The average Bonchev–Trinajstić information content (AvgIpc) is 2.57. The van der Waals surface area contributed by atoms with E-state index in [1.807, 2.05) is 0 Å². The summed E-state index contributed by atoms with van der Waals surface area (Å²) in [6.07, 6.45) is 12.6. The lowest BCUT2D eigenvalue weighted by atomic mass is 9.99. The molecule has 1 rings (SSSR count). The Kier molecular flexibility index (Phi) is 5.42. The van der Waals surface area contributed by atoms with Gasteiger partial charge in [0.05, 0.1) is 0 Å². The third kappa shape index (κ3) is 4.10. The summed E-state index contributed by atoms with van der Waals surface area (Å²) >= 11 is 0. The molecule has 1 saturated carbocycles. The first-order valence-corrected chi connectivity index (χ1v) is 5.58. The maximum Gasteiger partial charge on any atom is 0.00997 e. The highest BCUT2D eigenvalue weighted by molar-refractivity contribution is 4.66. The number of hydrogen-bond acceptors (Lipinski definition) is 0. The molecule has 71 valence electrons. The molecule has 1 nitrogen and oxygen atoms in total. The van der Waals surface area contributed by atoms with E-state index in [1.54, 1.807) is 0 Å². The molecule has 1 aliphatic rings. The van der Waals surface area contributed by atoms with Crippen molar-refractivity contribution >= 4 is 0 Å². The lowest BCUT2D eigenvalue weighted by Gasteiger charge is -2.07. The molecule has 0 atom stereocenters. The van der Waals surface area contributed by atoms with E-state index in [4.69, 9.17) is 5.73 Å². The van der Waals surface area contributed by atoms with Gasteiger partial charge in [0.1, 0.15) is 0 Å². The van der Waals surface area contributed by atoms with Crippen molar-refractivity contribution in [1.82, 2.24) is 5.73 Å². The molecular formula is C11H22N. The fourth-order valence-corrected chi connectivity index (χ4v) is 2.21. The van der Waals surface area contributed by atoms with Crippen molar-refractivity contribution in [2.24, 2.45) is 5.92 Å². The fraction of sp³-hybridized carbons (Fsp3) is 1.00. The van der Waals surface area contributed by atoms with Gasteiger partial charge < -0.3 is 0 Å². The Morgan fingerprint density at radius 2 is 1.58 bits per heavy atom. The van der Waals surface area contributed by atoms with Crippen molar-refractivity contribution in [3.8, 4) is 0 Å². The van der Waals surface area contributed by atoms with Gasteiger partial charge in [-0.25, -0.2) is 0 Å². The summed E-state index contributed by atoms with van der Waals surface area (Å²) in [7, 11) is 0. The van der Waals surface area contributed by atoms with Crippen LogP contribution in [0.4, 0.5) is 0 Å². The van der Waals surface area contributed by atoms with Gasteiger partial charge in [-0.2, -0.15) is 0 Å². The predicted octanol–water partition coefficient (Wildman–Crippen LogP) is 3.41. The third-order valence-corrected chi connectivity index (χ3v) is 3.01. The number of rotatable bonds is 6. The van der Waals surface area contributed by atoms with Crippen LogP contribution in [0.1, 0.15) is 57.8 Å². The van der Waals surface area contributed by atoms with Crippen molar-refractivity contribution in [3.63, 3.8) is 0 Å². The zero-order valence-corrected chi connectivity index (χ0v) is 8.15. The molecule has 0 aromatic heterocycles. The minimum absolute atomic E-state index is 0.628. The maximum absolute atomic E-state index is 7.01. The second-order valence-corrected chi connectivity index (χ2v) is 4.10. The highest BCUT2D eigenvalue weighted by atomic mass is 14.5. The molecule has 0 aromatic rings. The third-order valence-electron chi connectivity index (χ3n) is 3.01. The van der Waals surface area contributed by atoms with E-state index in [0.29, 0.717) is 6.54 Å². The fourth-order valence-electron chi connectivity index (χ4n) is 2.21. The first-order chi connectivity index (χ1) is 5.93. The Morgan fingerprint density at radius 3 is 2.25 bits per heavy atom. The van der Waals surface area contributed by atoms with Crippen LogP contribution in [-0.2, 0) is 0 Å². The maximum atomic E-state index is 7.01. The van der Waals surface area contributed by atoms with Gasteiger partial charge in [-0.1, -0.05) is 51.4 Å². The van der Waals surface area contributed by atoms with E-state index in [2.05, 4.69) is 0 Å². The molecule has 0 amide bonds. The van der Waals surface area contributed by atoms with Crippen LogP contribution in [0.2, 0.25) is 0 Å². The van der Waals surface area contributed by atoms with Gasteiger partial charge in [-0.05, 0) is 12.3 Å². The summed E-state index contributed by atoms with van der Waals surface area (Å²) in [5.74, 6) is 1.07. The Labute approximate surface area is 76.7 Å². The topological polar surface area (TPSA) is 23.8 Å². The first kappa shape index (κ1) is 10.0. The van der Waals surface area contributed by atoms with Crippen molar-refractivity contribution in [2.75, 3.05) is 6.54 Å². The molecule has 1 N–H and O–H groups in total. The highest BCUT2D eigenvalue weighted by Gasteiger charge is 2.13. The van der Waals surface area contributed by atoms with E-state index in [-0.39, 0.29) is 0 Å². The summed E-state index contributed by atoms with van der Waals surface area (Å²) in [4.78, 5) is 0. The average molecular weight is 168 g/mol. The van der Waals surface area contributed by atoms with E-state index < -0.39 is 0 Å². The largest absolute Gasteiger partial charge is 0.258 e. The predicted molar refractivity (Wildman–Crippen MR) is 53.0 cm³/mol. The molecular weight excluding hydrogens is 146 g/mol. The van der Waals surface area contributed by atoms with Crippen LogP contribution in [0, 0.1) is 5.92 Å². The second kappa shape index (κ2) is 6.47. The molecule has 12 heavy (non-hydrogen) atoms. The minimum atomic E-state index is 0.628. The Morgan fingerprint density at radius 1 is 0.917 bits per heavy atom. The molecule has 0 saturated heterocycles. The van der Waals surface area contributed by atoms with Crippen molar-refractivity contribution in [3.05, 3.63) is 0 Å². The molecule has 0 spiro atoms. The molecule has 0 aliphatic heterocycles. The second-order valence-electron chi connectivity index (χ2n) is 4.10. The monoisotopic (exact) mass is 168 g/mol. The zero-order chi connectivity index (χ0) is 8.65. The number of hydrogen-bond donors (Lipinski definition) is 0. The van der Waals surface area contributed by atoms with Crippen LogP contribution in [0.25, 0.3) is 0 Å². The first-order valence-electron chi connectivity index (χ1n) is 5.58. The molecule has 0 unspecified atom stereocenters. The van der Waals surface area contributed by atoms with Gasteiger partial charge >= 0.3 is 0 Å². The molecule has 1 aliphatic carbocycles. The quantitative estimate of drug-likeness (QED) is 0.543. The summed E-state index contributed by atoms with van der Waals surface area (Å²) in [5.41, 5.74) is 7.01. The van der Waals surface area contributed by atoms with Crippen LogP contribution in [0.3, 0.4) is 0 Å². The van der Waals surface area contributed by atoms with Gasteiger partial charge in [0.2, 0.25) is 0 Å². The van der Waals surface area contributed by atoms with Crippen LogP contribution in [-0.4, -0.2) is 6.54 Å². The molecule has 1 fully saturated rings. The van der Waals surface area contributed by atoms with Crippen LogP contribution in [0.5, 0.6) is 0 Å². The lowest BCUT2D eigenvalue weighted by Crippen LogP contribution is -1.93. The molecule has 0 heterocycles. The molecule has 1 heteroatoms. The molecule has 1 radical (unpaired) electrons. The van der Waals surface area contributed by atoms with E-state index in [1.165, 1.54) is 51.4 Å². The SMILES string of the molecule is [NH]CCCCCCC1CCCC1. The van der Waals surface area contributed by atoms with E-state index >= 15 is 0 Å².